The van der Waals surface area contributed by atoms with Gasteiger partial charge in [0.25, 0.3) is 0 Å². The van der Waals surface area contributed by atoms with E-state index in [0.29, 0.717) is 0 Å². The summed E-state index contributed by atoms with van der Waals surface area (Å²) in [6.45, 7) is 1.01. The van der Waals surface area contributed by atoms with Crippen molar-refractivity contribution in [2.75, 3.05) is 13.7 Å². The zero-order chi connectivity index (χ0) is 13.2. The molecule has 0 spiro atoms. The molecule has 0 radical (unpaired) electrons. The summed E-state index contributed by atoms with van der Waals surface area (Å²) in [5, 5.41) is 3.59. The maximum absolute atomic E-state index is 5.42. The topological polar surface area (TPSA) is 21.3 Å². The zero-order valence-corrected chi connectivity index (χ0v) is 12.4. The van der Waals surface area contributed by atoms with Crippen molar-refractivity contribution in [1.82, 2.24) is 5.32 Å². The quantitative estimate of drug-likeness (QED) is 0.912. The molecule has 1 heterocycles. The first kappa shape index (κ1) is 12.7. The number of hydrogen-bond acceptors (Lipinski definition) is 2. The van der Waals surface area contributed by atoms with E-state index in [1.54, 1.807) is 7.11 Å². The summed E-state index contributed by atoms with van der Waals surface area (Å²) >= 11 is 3.57. The van der Waals surface area contributed by atoms with Crippen molar-refractivity contribution < 1.29 is 4.74 Å². The first-order valence-electron chi connectivity index (χ1n) is 6.44. The molecule has 0 fully saturated rings. The summed E-state index contributed by atoms with van der Waals surface area (Å²) in [6, 6.07) is 15.1. The van der Waals surface area contributed by atoms with E-state index < -0.39 is 0 Å². The van der Waals surface area contributed by atoms with Gasteiger partial charge in [-0.1, -0.05) is 30.3 Å². The Hall–Kier alpha value is -1.32. The van der Waals surface area contributed by atoms with E-state index in [1.165, 1.54) is 16.7 Å². The normalized spacial score (nSPS) is 17.9. The Balaban J connectivity index is 2.09. The van der Waals surface area contributed by atoms with Gasteiger partial charge in [-0.05, 0) is 51.2 Å². The molecular weight excluding hydrogens is 302 g/mol. The lowest BCUT2D eigenvalue weighted by Gasteiger charge is -2.28. The Labute approximate surface area is 121 Å². The minimum atomic E-state index is 0.256. The highest BCUT2D eigenvalue weighted by molar-refractivity contribution is 9.10. The van der Waals surface area contributed by atoms with Gasteiger partial charge in [-0.25, -0.2) is 0 Å². The number of methoxy groups -OCH3 is 1. The van der Waals surface area contributed by atoms with Gasteiger partial charge in [0.05, 0.1) is 17.6 Å². The zero-order valence-electron chi connectivity index (χ0n) is 10.8. The molecule has 2 aromatic carbocycles. The van der Waals surface area contributed by atoms with Gasteiger partial charge in [-0.3, -0.25) is 0 Å². The summed E-state index contributed by atoms with van der Waals surface area (Å²) in [5.74, 6) is 0.892. The first-order chi connectivity index (χ1) is 9.29. The van der Waals surface area contributed by atoms with Gasteiger partial charge in [-0.2, -0.15) is 0 Å². The molecular formula is C16H16BrNO. The van der Waals surface area contributed by atoms with Crippen LogP contribution < -0.4 is 10.1 Å². The molecule has 1 aliphatic heterocycles. The monoisotopic (exact) mass is 317 g/mol. The van der Waals surface area contributed by atoms with Crippen LogP contribution in [0.4, 0.5) is 0 Å². The summed E-state index contributed by atoms with van der Waals surface area (Å²) < 4.78 is 6.45. The molecule has 1 atom stereocenters. The van der Waals surface area contributed by atoms with E-state index in [1.807, 2.05) is 0 Å². The minimum Gasteiger partial charge on any atom is -0.496 e. The molecule has 0 aliphatic carbocycles. The second-order valence-electron chi connectivity index (χ2n) is 4.73. The van der Waals surface area contributed by atoms with E-state index in [9.17, 15) is 0 Å². The van der Waals surface area contributed by atoms with Crippen molar-refractivity contribution in [2.45, 2.75) is 12.5 Å². The van der Waals surface area contributed by atoms with Crippen LogP contribution in [0, 0.1) is 0 Å². The van der Waals surface area contributed by atoms with Crippen LogP contribution in [0.15, 0.2) is 46.9 Å². The molecule has 0 saturated heterocycles. The lowest BCUT2D eigenvalue weighted by atomic mass is 9.90. The minimum absolute atomic E-state index is 0.256. The van der Waals surface area contributed by atoms with Gasteiger partial charge in [0.2, 0.25) is 0 Å². The lowest BCUT2D eigenvalue weighted by molar-refractivity contribution is 0.410. The lowest BCUT2D eigenvalue weighted by Crippen LogP contribution is -2.30. The highest BCUT2D eigenvalue weighted by Crippen LogP contribution is 2.35. The summed E-state index contributed by atoms with van der Waals surface area (Å²) in [6.07, 6.45) is 1.06. The van der Waals surface area contributed by atoms with Crippen molar-refractivity contribution in [2.24, 2.45) is 0 Å². The Morgan fingerprint density at radius 2 is 2.00 bits per heavy atom. The van der Waals surface area contributed by atoms with Crippen LogP contribution in [0.3, 0.4) is 0 Å². The third-order valence-electron chi connectivity index (χ3n) is 3.60. The third kappa shape index (κ3) is 2.40. The molecule has 3 heteroatoms. The smallest absolute Gasteiger partial charge is 0.133 e. The van der Waals surface area contributed by atoms with E-state index in [2.05, 4.69) is 63.7 Å². The van der Waals surface area contributed by atoms with Crippen LogP contribution in [-0.2, 0) is 6.42 Å². The fraction of sp³-hybridized carbons (Fsp3) is 0.250. The summed E-state index contributed by atoms with van der Waals surface area (Å²) in [7, 11) is 1.71. The SMILES string of the molecule is COc1cc2c(cc1Br)CCN[C@H]2c1ccccc1. The number of fused-ring (bicyclic) bond motifs is 1. The predicted molar refractivity (Wildman–Crippen MR) is 80.7 cm³/mol. The molecule has 2 aromatic rings. The molecule has 0 aromatic heterocycles. The fourth-order valence-corrected chi connectivity index (χ4v) is 3.21. The fourth-order valence-electron chi connectivity index (χ4n) is 2.66. The second kappa shape index (κ2) is 5.35. The number of nitrogens with one attached hydrogen (secondary N) is 1. The van der Waals surface area contributed by atoms with Crippen LogP contribution in [0.5, 0.6) is 5.75 Å². The number of ether oxygens (including phenoxy) is 1. The molecule has 1 N–H and O–H groups in total. The standard InChI is InChI=1S/C16H16BrNO/c1-19-15-10-13-12(9-14(15)17)7-8-18-16(13)11-5-3-2-4-6-11/h2-6,9-10,16,18H,7-8H2,1H3/t16-/m0/s1. The van der Waals surface area contributed by atoms with Crippen molar-refractivity contribution in [1.29, 1.82) is 0 Å². The average Bonchev–Trinajstić information content (AvgIpc) is 2.46. The van der Waals surface area contributed by atoms with Gasteiger partial charge < -0.3 is 10.1 Å². The van der Waals surface area contributed by atoms with Crippen LogP contribution in [0.1, 0.15) is 22.7 Å². The first-order valence-corrected chi connectivity index (χ1v) is 7.23. The van der Waals surface area contributed by atoms with Crippen LogP contribution in [0.2, 0.25) is 0 Å². The molecule has 98 valence electrons. The molecule has 0 unspecified atom stereocenters. The van der Waals surface area contributed by atoms with Crippen molar-refractivity contribution in [3.05, 3.63) is 63.6 Å². The molecule has 1 aliphatic rings. The Kier molecular flexibility index (Phi) is 3.58. The van der Waals surface area contributed by atoms with E-state index in [0.717, 1.165) is 23.2 Å². The molecule has 19 heavy (non-hydrogen) atoms. The average molecular weight is 318 g/mol. The van der Waals surface area contributed by atoms with Crippen molar-refractivity contribution in [3.63, 3.8) is 0 Å². The van der Waals surface area contributed by atoms with E-state index >= 15 is 0 Å². The number of halogens is 1. The summed E-state index contributed by atoms with van der Waals surface area (Å²) in [4.78, 5) is 0. The number of benzene rings is 2. The Morgan fingerprint density at radius 1 is 1.21 bits per heavy atom. The molecule has 0 amide bonds. The highest BCUT2D eigenvalue weighted by Gasteiger charge is 2.22. The predicted octanol–water partition coefficient (Wildman–Crippen LogP) is 3.69. The van der Waals surface area contributed by atoms with E-state index in [4.69, 9.17) is 4.74 Å². The van der Waals surface area contributed by atoms with Gasteiger partial charge >= 0.3 is 0 Å². The number of rotatable bonds is 2. The highest BCUT2D eigenvalue weighted by atomic mass is 79.9. The molecule has 2 nitrogen and oxygen atoms in total. The maximum atomic E-state index is 5.42. The molecule has 3 rings (SSSR count). The van der Waals surface area contributed by atoms with Gasteiger partial charge in [0.15, 0.2) is 0 Å². The van der Waals surface area contributed by atoms with Crippen molar-refractivity contribution in [3.8, 4) is 5.75 Å². The Morgan fingerprint density at radius 3 is 2.74 bits per heavy atom. The maximum Gasteiger partial charge on any atom is 0.133 e. The Bertz CT molecular complexity index is 583. The van der Waals surface area contributed by atoms with Gasteiger partial charge in [0, 0.05) is 6.54 Å². The van der Waals surface area contributed by atoms with Crippen molar-refractivity contribution >= 4 is 15.9 Å². The largest absolute Gasteiger partial charge is 0.496 e. The van der Waals surface area contributed by atoms with Crippen LogP contribution >= 0.6 is 15.9 Å². The van der Waals surface area contributed by atoms with Crippen LogP contribution in [0.25, 0.3) is 0 Å². The number of hydrogen-bond donors (Lipinski definition) is 1. The van der Waals surface area contributed by atoms with Crippen LogP contribution in [-0.4, -0.2) is 13.7 Å². The van der Waals surface area contributed by atoms with Gasteiger partial charge in [0.1, 0.15) is 5.75 Å². The third-order valence-corrected chi connectivity index (χ3v) is 4.22. The summed E-state index contributed by atoms with van der Waals surface area (Å²) in [5.41, 5.74) is 4.01. The second-order valence-corrected chi connectivity index (χ2v) is 5.59. The van der Waals surface area contributed by atoms with E-state index in [-0.39, 0.29) is 6.04 Å². The van der Waals surface area contributed by atoms with Gasteiger partial charge in [-0.15, -0.1) is 0 Å². The molecule has 0 saturated carbocycles. The molecule has 0 bridgehead atoms.